The predicted molar refractivity (Wildman–Crippen MR) is 71.0 cm³/mol. The van der Waals surface area contributed by atoms with Gasteiger partial charge in [-0.15, -0.1) is 10.2 Å². The van der Waals surface area contributed by atoms with Gasteiger partial charge in [0.2, 0.25) is 5.90 Å². The zero-order chi connectivity index (χ0) is 13.3. The van der Waals surface area contributed by atoms with E-state index < -0.39 is 5.60 Å². The van der Waals surface area contributed by atoms with Gasteiger partial charge in [-0.05, 0) is 36.7 Å². The van der Waals surface area contributed by atoms with Gasteiger partial charge in [0.05, 0.1) is 6.54 Å². The molecule has 2 aliphatic rings. The van der Waals surface area contributed by atoms with Crippen LogP contribution in [0.15, 0.2) is 10.2 Å². The Labute approximate surface area is 114 Å². The van der Waals surface area contributed by atoms with Crippen molar-refractivity contribution in [3.8, 4) is 0 Å². The second-order valence-corrected chi connectivity index (χ2v) is 6.00. The lowest BCUT2D eigenvalue weighted by molar-refractivity contribution is 0.0241. The summed E-state index contributed by atoms with van der Waals surface area (Å²) in [7, 11) is 0. The van der Waals surface area contributed by atoms with E-state index in [-0.39, 0.29) is 12.0 Å². The van der Waals surface area contributed by atoms with Crippen molar-refractivity contribution in [1.29, 1.82) is 0 Å². The molecule has 0 radical (unpaired) electrons. The summed E-state index contributed by atoms with van der Waals surface area (Å²) in [5.41, 5.74) is -0.498. The third-order valence-corrected chi connectivity index (χ3v) is 3.21. The molecule has 0 saturated carbocycles. The van der Waals surface area contributed by atoms with E-state index in [0.29, 0.717) is 30.2 Å². The third kappa shape index (κ3) is 3.01. The minimum absolute atomic E-state index is 0.111. The van der Waals surface area contributed by atoms with E-state index in [0.717, 1.165) is 0 Å². The van der Waals surface area contributed by atoms with E-state index in [2.05, 4.69) is 26.1 Å². The van der Waals surface area contributed by atoms with Crippen molar-refractivity contribution < 1.29 is 14.3 Å². The van der Waals surface area contributed by atoms with Crippen molar-refractivity contribution in [3.63, 3.8) is 0 Å². The molecule has 2 rings (SSSR count). The van der Waals surface area contributed by atoms with Crippen LogP contribution < -0.4 is 0 Å². The molecule has 0 aromatic rings. The van der Waals surface area contributed by atoms with Gasteiger partial charge in [0.1, 0.15) is 22.7 Å². The number of ether oxygens (including phenoxy) is 2. The van der Waals surface area contributed by atoms with Crippen LogP contribution in [0.3, 0.4) is 0 Å². The van der Waals surface area contributed by atoms with E-state index in [9.17, 15) is 4.79 Å². The number of hydrogen-bond acceptors (Lipinski definition) is 5. The molecular weight excluding hydrogens is 302 g/mol. The predicted octanol–water partition coefficient (Wildman–Crippen LogP) is 1.99. The highest BCUT2D eigenvalue weighted by Crippen LogP contribution is 2.22. The van der Waals surface area contributed by atoms with E-state index in [1.807, 2.05) is 20.8 Å². The van der Waals surface area contributed by atoms with Crippen LogP contribution in [0.25, 0.3) is 0 Å². The first-order valence-electron chi connectivity index (χ1n) is 5.78. The van der Waals surface area contributed by atoms with Crippen LogP contribution in [-0.4, -0.2) is 46.8 Å². The van der Waals surface area contributed by atoms with Crippen molar-refractivity contribution in [2.24, 2.45) is 16.1 Å². The Morgan fingerprint density at radius 3 is 2.89 bits per heavy atom. The highest BCUT2D eigenvalue weighted by molar-refractivity contribution is 9.18. The summed E-state index contributed by atoms with van der Waals surface area (Å²) in [5.74, 6) is 0.452. The smallest absolute Gasteiger partial charge is 0.410 e. The van der Waals surface area contributed by atoms with E-state index in [1.165, 1.54) is 0 Å². The molecule has 6 nitrogen and oxygen atoms in total. The summed E-state index contributed by atoms with van der Waals surface area (Å²) in [6.07, 6.45) is -0.334. The summed E-state index contributed by atoms with van der Waals surface area (Å²) in [6.45, 7) is 6.91. The lowest BCUT2D eigenvalue weighted by Gasteiger charge is -2.26. The first-order valence-corrected chi connectivity index (χ1v) is 6.58. The number of halogens is 1. The van der Waals surface area contributed by atoms with Gasteiger partial charge in [0, 0.05) is 6.54 Å². The first-order chi connectivity index (χ1) is 8.37. The molecule has 2 aliphatic heterocycles. The van der Waals surface area contributed by atoms with Crippen LogP contribution in [0.5, 0.6) is 0 Å². The average Bonchev–Trinajstić information content (AvgIpc) is 2.49. The maximum absolute atomic E-state index is 12.0. The zero-order valence-corrected chi connectivity index (χ0v) is 12.2. The maximum atomic E-state index is 12.0. The summed E-state index contributed by atoms with van der Waals surface area (Å²) in [5, 5.41) is 7.83. The molecule has 0 bridgehead atoms. The molecule has 2 heterocycles. The summed E-state index contributed by atoms with van der Waals surface area (Å²) in [4.78, 5) is 13.6. The summed E-state index contributed by atoms with van der Waals surface area (Å²) in [6, 6.07) is 0. The van der Waals surface area contributed by atoms with Crippen molar-refractivity contribution in [3.05, 3.63) is 0 Å². The quantitative estimate of drug-likeness (QED) is 0.686. The number of carbonyl (C=O) groups excluding carboxylic acids is 1. The van der Waals surface area contributed by atoms with Crippen LogP contribution in [0.1, 0.15) is 20.8 Å². The Morgan fingerprint density at radius 1 is 1.50 bits per heavy atom. The zero-order valence-electron chi connectivity index (χ0n) is 10.6. The van der Waals surface area contributed by atoms with Gasteiger partial charge < -0.3 is 14.4 Å². The first kappa shape index (κ1) is 13.3. The number of hydrogen-bond donors (Lipinski definition) is 0. The molecular formula is C11H16BrN3O3. The van der Waals surface area contributed by atoms with Gasteiger partial charge in [-0.1, -0.05) is 0 Å². The Kier molecular flexibility index (Phi) is 3.61. The van der Waals surface area contributed by atoms with Crippen LogP contribution in [-0.2, 0) is 9.47 Å². The molecule has 100 valence electrons. The number of carbonyl (C=O) groups is 1. The van der Waals surface area contributed by atoms with E-state index in [1.54, 1.807) is 4.90 Å². The molecule has 7 heteroatoms. The van der Waals surface area contributed by atoms with Gasteiger partial charge >= 0.3 is 6.09 Å². The monoisotopic (exact) mass is 317 g/mol. The van der Waals surface area contributed by atoms with Crippen molar-refractivity contribution >= 4 is 32.5 Å². The number of amides is 1. The highest BCUT2D eigenvalue weighted by atomic mass is 79.9. The van der Waals surface area contributed by atoms with Crippen LogP contribution in [0.2, 0.25) is 0 Å². The van der Waals surface area contributed by atoms with E-state index >= 15 is 0 Å². The number of rotatable bonds is 0. The third-order valence-electron chi connectivity index (χ3n) is 2.50. The average molecular weight is 318 g/mol. The Morgan fingerprint density at radius 2 is 2.22 bits per heavy atom. The minimum Gasteiger partial charge on any atom is -0.477 e. The van der Waals surface area contributed by atoms with Gasteiger partial charge in [0.25, 0.3) is 0 Å². The lowest BCUT2D eigenvalue weighted by Crippen LogP contribution is -2.40. The molecule has 0 aromatic heterocycles. The standard InChI is InChI=1S/C11H16BrN3O3/c1-11(2,3)18-10(16)15-4-5-17-9-7(6-15)8(12)13-14-9/h7H,4-6H2,1-3H3. The fourth-order valence-electron chi connectivity index (χ4n) is 1.69. The summed E-state index contributed by atoms with van der Waals surface area (Å²) >= 11 is 3.33. The lowest BCUT2D eigenvalue weighted by atomic mass is 10.1. The number of fused-ring (bicyclic) bond motifs is 1. The van der Waals surface area contributed by atoms with Crippen molar-refractivity contribution in [1.82, 2.24) is 4.90 Å². The Balaban J connectivity index is 2.04. The second kappa shape index (κ2) is 4.87. The normalized spacial score (nSPS) is 23.6. The molecule has 1 amide bonds. The van der Waals surface area contributed by atoms with Crippen molar-refractivity contribution in [2.75, 3.05) is 19.7 Å². The van der Waals surface area contributed by atoms with Gasteiger partial charge in [-0.2, -0.15) is 0 Å². The fraction of sp³-hybridized carbons (Fsp3) is 0.727. The fourth-order valence-corrected chi connectivity index (χ4v) is 2.11. The van der Waals surface area contributed by atoms with Crippen LogP contribution in [0.4, 0.5) is 4.79 Å². The molecule has 1 fully saturated rings. The van der Waals surface area contributed by atoms with Crippen LogP contribution >= 0.6 is 15.9 Å². The Bertz CT molecular complexity index is 414. The Hall–Kier alpha value is -1.11. The molecule has 18 heavy (non-hydrogen) atoms. The maximum Gasteiger partial charge on any atom is 0.410 e. The highest BCUT2D eigenvalue weighted by Gasteiger charge is 2.35. The molecule has 0 aromatic carbocycles. The van der Waals surface area contributed by atoms with Gasteiger partial charge in [-0.3, -0.25) is 0 Å². The molecule has 1 atom stereocenters. The van der Waals surface area contributed by atoms with Crippen molar-refractivity contribution in [2.45, 2.75) is 26.4 Å². The topological polar surface area (TPSA) is 63.5 Å². The summed E-state index contributed by atoms with van der Waals surface area (Å²) < 4.78 is 11.5. The molecule has 1 saturated heterocycles. The second-order valence-electron chi connectivity index (χ2n) is 5.19. The minimum atomic E-state index is -0.498. The molecule has 1 unspecified atom stereocenters. The molecule has 0 spiro atoms. The molecule has 0 N–H and O–H groups in total. The van der Waals surface area contributed by atoms with Gasteiger partial charge in [-0.25, -0.2) is 4.79 Å². The van der Waals surface area contributed by atoms with E-state index in [4.69, 9.17) is 9.47 Å². The van der Waals surface area contributed by atoms with Crippen LogP contribution in [0, 0.1) is 5.92 Å². The largest absolute Gasteiger partial charge is 0.477 e. The molecule has 0 aliphatic carbocycles. The number of nitrogens with zero attached hydrogens (tertiary/aromatic N) is 3. The van der Waals surface area contributed by atoms with Gasteiger partial charge in [0.15, 0.2) is 0 Å². The SMILES string of the molecule is CC(C)(C)OC(=O)N1CCOC2=NN=C(Br)C2C1.